The Morgan fingerprint density at radius 2 is 2.02 bits per heavy atom. The van der Waals surface area contributed by atoms with E-state index in [1.165, 1.54) is 11.1 Å². The summed E-state index contributed by atoms with van der Waals surface area (Å²) < 4.78 is 11.7. The molecule has 7 nitrogen and oxygen atoms in total. The van der Waals surface area contributed by atoms with E-state index in [9.17, 15) is 19.8 Å². The van der Waals surface area contributed by atoms with Crippen molar-refractivity contribution in [3.63, 3.8) is 0 Å². The summed E-state index contributed by atoms with van der Waals surface area (Å²) in [5.74, 6) is -0.148. The summed E-state index contributed by atoms with van der Waals surface area (Å²) in [4.78, 5) is 26.5. The van der Waals surface area contributed by atoms with Gasteiger partial charge in [0.25, 0.3) is 0 Å². The Hall–Kier alpha value is -3.03. The topological polar surface area (TPSA) is 96.3 Å². The van der Waals surface area contributed by atoms with E-state index in [-0.39, 0.29) is 34.7 Å². The fourth-order valence-electron chi connectivity index (χ4n) is 7.64. The lowest BCUT2D eigenvalue weighted by atomic mass is 9.67. The molecule has 5 atom stereocenters. The number of ether oxygens (including phenoxy) is 2. The molecule has 2 N–H and O–H groups in total. The Morgan fingerprint density at radius 3 is 2.74 bits per heavy atom. The summed E-state index contributed by atoms with van der Waals surface area (Å²) in [6.45, 7) is 4.15. The van der Waals surface area contributed by atoms with Crippen LogP contribution in [0.3, 0.4) is 0 Å². The van der Waals surface area contributed by atoms with E-state index >= 15 is 0 Å². The van der Waals surface area contributed by atoms with Crippen LogP contribution in [-0.4, -0.2) is 54.6 Å². The van der Waals surface area contributed by atoms with Gasteiger partial charge in [0.05, 0.1) is 36.5 Å². The number of halogens is 1. The van der Waals surface area contributed by atoms with Crippen molar-refractivity contribution in [3.05, 3.63) is 69.8 Å². The van der Waals surface area contributed by atoms with E-state index < -0.39 is 12.1 Å². The van der Waals surface area contributed by atoms with Crippen LogP contribution in [0, 0.1) is 17.8 Å². The number of carbonyl (C=O) groups is 2. The van der Waals surface area contributed by atoms with Crippen LogP contribution in [0.15, 0.2) is 48.0 Å². The maximum atomic E-state index is 12.2. The molecule has 2 aromatic carbocycles. The lowest BCUT2D eigenvalue weighted by Crippen LogP contribution is -2.50. The van der Waals surface area contributed by atoms with Crippen LogP contribution >= 0.6 is 11.6 Å². The zero-order valence-corrected chi connectivity index (χ0v) is 24.9. The Bertz CT molecular complexity index is 1390. The maximum absolute atomic E-state index is 12.2. The lowest BCUT2D eigenvalue weighted by molar-refractivity contribution is -0.148. The Balaban J connectivity index is 1.26. The zero-order chi connectivity index (χ0) is 29.4. The summed E-state index contributed by atoms with van der Waals surface area (Å²) in [7, 11) is 0. The number of aryl methyl sites for hydroxylation is 1. The third-order valence-electron chi connectivity index (χ3n) is 10.1. The second kappa shape index (κ2) is 11.9. The number of hydrogen-bond acceptors (Lipinski definition) is 6. The molecule has 2 aromatic rings. The first kappa shape index (κ1) is 29.1. The molecule has 0 amide bonds. The fourth-order valence-corrected chi connectivity index (χ4v) is 7.83. The molecule has 224 valence electrons. The quantitative estimate of drug-likeness (QED) is 0.292. The monoisotopic (exact) mass is 593 g/mol. The van der Waals surface area contributed by atoms with Gasteiger partial charge in [-0.3, -0.25) is 4.79 Å². The highest BCUT2D eigenvalue weighted by Gasteiger charge is 2.45. The maximum Gasteiger partial charge on any atom is 0.335 e. The van der Waals surface area contributed by atoms with Gasteiger partial charge in [0.15, 0.2) is 0 Å². The summed E-state index contributed by atoms with van der Waals surface area (Å²) in [5.41, 5.74) is 4.37. The predicted octanol–water partition coefficient (Wildman–Crippen LogP) is 6.19. The van der Waals surface area contributed by atoms with Crippen molar-refractivity contribution in [1.82, 2.24) is 0 Å². The van der Waals surface area contributed by atoms with Crippen molar-refractivity contribution in [2.75, 3.05) is 31.2 Å². The molecule has 1 unspecified atom stereocenters. The number of fused-ring (bicyclic) bond motifs is 3. The van der Waals surface area contributed by atoms with Crippen molar-refractivity contribution in [1.29, 1.82) is 0 Å². The number of rotatable bonds is 7. The second-order valence-electron chi connectivity index (χ2n) is 12.5. The summed E-state index contributed by atoms with van der Waals surface area (Å²) >= 11 is 6.38. The normalized spacial score (nSPS) is 27.5. The van der Waals surface area contributed by atoms with Gasteiger partial charge in [-0.1, -0.05) is 23.7 Å². The number of benzene rings is 2. The van der Waals surface area contributed by atoms with E-state index in [0.29, 0.717) is 51.3 Å². The summed E-state index contributed by atoms with van der Waals surface area (Å²) in [6, 6.07) is 11.3. The molecular formula is C34H40ClNO6. The van der Waals surface area contributed by atoms with Gasteiger partial charge in [0.2, 0.25) is 0 Å². The highest BCUT2D eigenvalue weighted by atomic mass is 35.5. The van der Waals surface area contributed by atoms with Gasteiger partial charge in [0, 0.05) is 23.5 Å². The molecule has 1 heterocycles. The van der Waals surface area contributed by atoms with E-state index in [4.69, 9.17) is 21.1 Å². The van der Waals surface area contributed by atoms with Crippen LogP contribution in [0.1, 0.15) is 73.4 Å². The van der Waals surface area contributed by atoms with Crippen LogP contribution in [0.25, 0.3) is 0 Å². The van der Waals surface area contributed by atoms with Crippen molar-refractivity contribution in [2.24, 2.45) is 17.8 Å². The number of allylic oxidation sites excluding steroid dienone is 1. The van der Waals surface area contributed by atoms with E-state index in [1.54, 1.807) is 18.2 Å². The zero-order valence-electron chi connectivity index (χ0n) is 24.2. The van der Waals surface area contributed by atoms with Gasteiger partial charge in [-0.05, 0) is 117 Å². The van der Waals surface area contributed by atoms with Gasteiger partial charge in [-0.2, -0.15) is 0 Å². The first-order valence-electron chi connectivity index (χ1n) is 15.4. The Kier molecular flexibility index (Phi) is 8.25. The number of aliphatic hydroxyl groups is 1. The highest BCUT2D eigenvalue weighted by molar-refractivity contribution is 6.30. The van der Waals surface area contributed by atoms with Crippen LogP contribution < -0.4 is 9.64 Å². The number of carboxylic acids is 1. The van der Waals surface area contributed by atoms with Crippen LogP contribution in [0.4, 0.5) is 5.69 Å². The average molecular weight is 594 g/mol. The minimum Gasteiger partial charge on any atom is -0.490 e. The molecule has 4 aliphatic rings. The molecule has 1 spiro atoms. The van der Waals surface area contributed by atoms with Gasteiger partial charge < -0.3 is 24.6 Å². The number of anilines is 1. The molecule has 1 saturated carbocycles. The van der Waals surface area contributed by atoms with E-state index in [2.05, 4.69) is 23.1 Å². The van der Waals surface area contributed by atoms with Crippen molar-refractivity contribution in [2.45, 2.75) is 69.8 Å². The number of carbonyl (C=O) groups excluding carboxylic acids is 1. The minimum absolute atomic E-state index is 0.124. The van der Waals surface area contributed by atoms with Crippen LogP contribution in [0.2, 0.25) is 5.02 Å². The molecule has 0 saturated heterocycles. The number of esters is 1. The standard InChI is InChI=1S/C34H40ClNO6/c1-2-41-33(40)22-7-5-21(6-8-22)31(37)27-12-9-25(27)18-36-19-34(15-3-4-23-16-26(35)11-13-28(23)34)20-42-30-14-10-24(32(38)39)17-29(30)36/h5,10-11,13-14,16-17,22,25,27,31,37H,2-4,6-9,12,15,18-20H2,1H3,(H,38,39)/t22-,25+,27-,31-,34?/m1/s1. The third-order valence-corrected chi connectivity index (χ3v) is 10.3. The molecule has 42 heavy (non-hydrogen) atoms. The van der Waals surface area contributed by atoms with Gasteiger partial charge >= 0.3 is 11.9 Å². The molecule has 1 fully saturated rings. The third kappa shape index (κ3) is 5.53. The number of aromatic carboxylic acids is 1. The van der Waals surface area contributed by atoms with Crippen LogP contribution in [-0.2, 0) is 21.4 Å². The van der Waals surface area contributed by atoms with Gasteiger partial charge in [-0.15, -0.1) is 0 Å². The molecular weight excluding hydrogens is 554 g/mol. The smallest absolute Gasteiger partial charge is 0.335 e. The molecule has 8 heteroatoms. The number of carboxylic acid groups (broad SMARTS) is 1. The van der Waals surface area contributed by atoms with E-state index in [1.807, 2.05) is 13.0 Å². The fraction of sp³-hybridized carbons (Fsp3) is 0.529. The summed E-state index contributed by atoms with van der Waals surface area (Å²) in [5, 5.41) is 22.0. The lowest BCUT2D eigenvalue weighted by Gasteiger charge is -2.46. The van der Waals surface area contributed by atoms with Crippen molar-refractivity contribution in [3.8, 4) is 5.75 Å². The number of hydrogen-bond donors (Lipinski definition) is 2. The van der Waals surface area contributed by atoms with E-state index in [0.717, 1.165) is 48.4 Å². The summed E-state index contributed by atoms with van der Waals surface area (Å²) in [6.07, 6.45) is 8.49. The molecule has 0 radical (unpaired) electrons. The predicted molar refractivity (Wildman–Crippen MR) is 161 cm³/mol. The van der Waals surface area contributed by atoms with Crippen molar-refractivity contribution < 1.29 is 29.3 Å². The molecule has 1 aliphatic heterocycles. The first-order valence-corrected chi connectivity index (χ1v) is 15.7. The molecule has 0 bridgehead atoms. The second-order valence-corrected chi connectivity index (χ2v) is 13.0. The number of aliphatic hydroxyl groups excluding tert-OH is 1. The Morgan fingerprint density at radius 1 is 1.17 bits per heavy atom. The largest absolute Gasteiger partial charge is 0.490 e. The van der Waals surface area contributed by atoms with Crippen molar-refractivity contribution >= 4 is 29.2 Å². The molecule has 3 aliphatic carbocycles. The first-order chi connectivity index (χ1) is 20.3. The SMILES string of the molecule is CCOC(=O)[C@@H]1CC=C([C@@H](O)[C@@H]2CC[C@H]2CN2CC3(CCCc4cc(Cl)ccc43)COc3ccc(C(=O)O)cc32)CC1. The Labute approximate surface area is 252 Å². The average Bonchev–Trinajstić information content (AvgIpc) is 3.12. The van der Waals surface area contributed by atoms with Gasteiger partial charge in [0.1, 0.15) is 5.75 Å². The molecule has 0 aromatic heterocycles. The van der Waals surface area contributed by atoms with Gasteiger partial charge in [-0.25, -0.2) is 4.79 Å². The minimum atomic E-state index is -0.961. The highest BCUT2D eigenvalue weighted by Crippen LogP contribution is 2.47. The van der Waals surface area contributed by atoms with Crippen LogP contribution in [0.5, 0.6) is 5.75 Å². The number of nitrogens with zero attached hydrogens (tertiary/aromatic N) is 1. The molecule has 6 rings (SSSR count).